The zero-order valence-corrected chi connectivity index (χ0v) is 16.4. The third kappa shape index (κ3) is 3.20. The lowest BCUT2D eigenvalue weighted by Gasteiger charge is -2.31. The number of nitrogens with one attached hydrogen (secondary N) is 1. The van der Waals surface area contributed by atoms with Crippen LogP contribution in [0.25, 0.3) is 10.9 Å². The first-order valence-electron chi connectivity index (χ1n) is 9.99. The van der Waals surface area contributed by atoms with Gasteiger partial charge in [0, 0.05) is 22.2 Å². The van der Waals surface area contributed by atoms with Gasteiger partial charge in [0.05, 0.1) is 17.8 Å². The van der Waals surface area contributed by atoms with Crippen LogP contribution in [0.1, 0.15) is 34.5 Å². The highest BCUT2D eigenvalue weighted by Crippen LogP contribution is 2.34. The van der Waals surface area contributed by atoms with Crippen molar-refractivity contribution in [2.45, 2.75) is 32.0 Å². The van der Waals surface area contributed by atoms with Crippen LogP contribution >= 0.6 is 0 Å². The smallest absolute Gasteiger partial charge is 0.255 e. The molecule has 1 saturated heterocycles. The Morgan fingerprint density at radius 2 is 1.97 bits per heavy atom. The molecule has 150 valence electrons. The molecule has 5 rings (SSSR count). The van der Waals surface area contributed by atoms with Crippen molar-refractivity contribution in [3.8, 4) is 5.75 Å². The van der Waals surface area contributed by atoms with Crippen LogP contribution in [-0.4, -0.2) is 27.7 Å². The molecule has 3 heterocycles. The van der Waals surface area contributed by atoms with Crippen molar-refractivity contribution in [1.82, 2.24) is 15.2 Å². The molecule has 2 aromatic carbocycles. The van der Waals surface area contributed by atoms with Gasteiger partial charge >= 0.3 is 0 Å². The van der Waals surface area contributed by atoms with Crippen molar-refractivity contribution in [3.05, 3.63) is 83.7 Å². The Labute approximate surface area is 174 Å². The average molecular weight is 399 g/mol. The quantitative estimate of drug-likeness (QED) is 0.728. The molecule has 0 aliphatic carbocycles. The van der Waals surface area contributed by atoms with E-state index in [0.29, 0.717) is 43.0 Å². The maximum absolute atomic E-state index is 13.0. The van der Waals surface area contributed by atoms with E-state index in [9.17, 15) is 9.59 Å². The number of carbonyl (C=O) groups is 2. The highest BCUT2D eigenvalue weighted by atomic mass is 16.5. The predicted molar refractivity (Wildman–Crippen MR) is 113 cm³/mol. The number of aromatic nitrogens is 1. The van der Waals surface area contributed by atoms with Crippen LogP contribution in [0.4, 0.5) is 0 Å². The molecule has 1 fully saturated rings. The second kappa shape index (κ2) is 7.30. The number of piperidine rings is 1. The number of rotatable bonds is 4. The van der Waals surface area contributed by atoms with Gasteiger partial charge in [-0.3, -0.25) is 9.59 Å². The molecular weight excluding hydrogens is 378 g/mol. The Kier molecular flexibility index (Phi) is 4.47. The second-order valence-electron chi connectivity index (χ2n) is 7.65. The minimum atomic E-state index is -0.481. The van der Waals surface area contributed by atoms with Crippen LogP contribution in [0.5, 0.6) is 5.75 Å². The predicted octanol–water partition coefficient (Wildman–Crippen LogP) is 3.56. The van der Waals surface area contributed by atoms with E-state index in [1.165, 1.54) is 0 Å². The number of allylic oxidation sites excluding steroid dienone is 1. The summed E-state index contributed by atoms with van der Waals surface area (Å²) in [5.41, 5.74) is 3.85. The van der Waals surface area contributed by atoms with Crippen molar-refractivity contribution in [1.29, 1.82) is 0 Å². The molecule has 2 amide bonds. The van der Waals surface area contributed by atoms with E-state index >= 15 is 0 Å². The Morgan fingerprint density at radius 3 is 2.83 bits per heavy atom. The summed E-state index contributed by atoms with van der Waals surface area (Å²) in [6.45, 7) is 4.47. The van der Waals surface area contributed by atoms with Crippen LogP contribution in [0.15, 0.2) is 66.9 Å². The van der Waals surface area contributed by atoms with Gasteiger partial charge in [-0.25, -0.2) is 4.98 Å². The molecule has 6 heteroatoms. The molecule has 0 radical (unpaired) electrons. The van der Waals surface area contributed by atoms with E-state index in [2.05, 4.69) is 16.9 Å². The lowest BCUT2D eigenvalue weighted by molar-refractivity contribution is -0.126. The normalized spacial score (nSPS) is 18.5. The summed E-state index contributed by atoms with van der Waals surface area (Å²) >= 11 is 0. The van der Waals surface area contributed by atoms with Gasteiger partial charge in [-0.2, -0.15) is 0 Å². The zero-order chi connectivity index (χ0) is 20.7. The summed E-state index contributed by atoms with van der Waals surface area (Å²) in [5, 5.41) is 3.84. The summed E-state index contributed by atoms with van der Waals surface area (Å²) in [7, 11) is 0. The molecule has 2 aliphatic heterocycles. The number of amides is 2. The first kappa shape index (κ1) is 18.4. The molecule has 1 atom stereocenters. The first-order valence-corrected chi connectivity index (χ1v) is 9.99. The van der Waals surface area contributed by atoms with Gasteiger partial charge in [-0.1, -0.05) is 36.9 Å². The number of ether oxygens (including phenoxy) is 1. The van der Waals surface area contributed by atoms with Gasteiger partial charge in [0.1, 0.15) is 18.4 Å². The SMILES string of the molecule is C=C1CCC(N2Cc3c(OCc4ccc5ccccc5n4)cccc3C2=O)C(=O)N1. The number of benzene rings is 2. The zero-order valence-electron chi connectivity index (χ0n) is 16.4. The minimum Gasteiger partial charge on any atom is -0.487 e. The molecule has 0 spiro atoms. The van der Waals surface area contributed by atoms with Crippen molar-refractivity contribution in [3.63, 3.8) is 0 Å². The van der Waals surface area contributed by atoms with E-state index in [-0.39, 0.29) is 11.8 Å². The number of para-hydroxylation sites is 1. The highest BCUT2D eigenvalue weighted by Gasteiger charge is 2.39. The number of fused-ring (bicyclic) bond motifs is 2. The van der Waals surface area contributed by atoms with E-state index < -0.39 is 6.04 Å². The molecule has 0 saturated carbocycles. The summed E-state index contributed by atoms with van der Waals surface area (Å²) in [6, 6.07) is 16.9. The topological polar surface area (TPSA) is 71.5 Å². The Hall–Kier alpha value is -3.67. The van der Waals surface area contributed by atoms with E-state index in [4.69, 9.17) is 4.74 Å². The molecule has 1 unspecified atom stereocenters. The van der Waals surface area contributed by atoms with Crippen LogP contribution in [0.3, 0.4) is 0 Å². The third-order valence-electron chi connectivity index (χ3n) is 5.68. The van der Waals surface area contributed by atoms with Crippen molar-refractivity contribution >= 4 is 22.7 Å². The first-order chi connectivity index (χ1) is 14.6. The fraction of sp³-hybridized carbons (Fsp3) is 0.208. The monoisotopic (exact) mass is 399 g/mol. The van der Waals surface area contributed by atoms with Gasteiger partial charge in [-0.05, 0) is 37.1 Å². The van der Waals surface area contributed by atoms with E-state index in [0.717, 1.165) is 22.2 Å². The summed E-state index contributed by atoms with van der Waals surface area (Å²) in [5.74, 6) is 0.348. The number of nitrogens with zero attached hydrogens (tertiary/aromatic N) is 2. The van der Waals surface area contributed by atoms with Gasteiger partial charge in [0.15, 0.2) is 0 Å². The molecule has 1 N–H and O–H groups in total. The molecule has 30 heavy (non-hydrogen) atoms. The largest absolute Gasteiger partial charge is 0.487 e. The Morgan fingerprint density at radius 1 is 1.10 bits per heavy atom. The van der Waals surface area contributed by atoms with Crippen LogP contribution < -0.4 is 10.1 Å². The summed E-state index contributed by atoms with van der Waals surface area (Å²) in [4.78, 5) is 31.6. The molecular formula is C24H21N3O3. The van der Waals surface area contributed by atoms with Gasteiger partial charge in [-0.15, -0.1) is 0 Å². The lowest BCUT2D eigenvalue weighted by Crippen LogP contribution is -2.49. The van der Waals surface area contributed by atoms with Gasteiger partial charge in [0.2, 0.25) is 5.91 Å². The minimum absolute atomic E-state index is 0.132. The van der Waals surface area contributed by atoms with Crippen molar-refractivity contribution in [2.75, 3.05) is 0 Å². The summed E-state index contributed by atoms with van der Waals surface area (Å²) < 4.78 is 6.06. The summed E-state index contributed by atoms with van der Waals surface area (Å²) in [6.07, 6.45) is 1.26. The van der Waals surface area contributed by atoms with E-state index in [1.54, 1.807) is 11.0 Å². The molecule has 3 aromatic rings. The second-order valence-corrected chi connectivity index (χ2v) is 7.65. The Bertz CT molecular complexity index is 1190. The van der Waals surface area contributed by atoms with Gasteiger partial charge < -0.3 is 15.0 Å². The van der Waals surface area contributed by atoms with Crippen LogP contribution in [0, 0.1) is 0 Å². The molecule has 6 nitrogen and oxygen atoms in total. The van der Waals surface area contributed by atoms with Crippen molar-refractivity contribution < 1.29 is 14.3 Å². The average Bonchev–Trinajstić information content (AvgIpc) is 3.09. The highest BCUT2D eigenvalue weighted by molar-refractivity contribution is 6.02. The molecule has 1 aromatic heterocycles. The number of hydrogen-bond donors (Lipinski definition) is 1. The Balaban J connectivity index is 1.36. The standard InChI is InChI=1S/C24H21N3O3/c1-15-9-12-21(23(28)25-15)27-13-19-18(24(27)29)6-4-8-22(19)30-14-17-11-10-16-5-2-3-7-20(16)26-17/h2-8,10-11,21H,1,9,12-14H2,(H,25,28). The fourth-order valence-corrected chi connectivity index (χ4v) is 4.11. The maximum Gasteiger partial charge on any atom is 0.255 e. The van der Waals surface area contributed by atoms with Crippen molar-refractivity contribution in [2.24, 2.45) is 0 Å². The van der Waals surface area contributed by atoms with Crippen LogP contribution in [-0.2, 0) is 17.9 Å². The fourth-order valence-electron chi connectivity index (χ4n) is 4.11. The molecule has 0 bridgehead atoms. The molecule has 2 aliphatic rings. The van der Waals surface area contributed by atoms with Gasteiger partial charge in [0.25, 0.3) is 5.91 Å². The lowest BCUT2D eigenvalue weighted by atomic mass is 10.0. The maximum atomic E-state index is 13.0. The number of carbonyl (C=O) groups excluding carboxylic acids is 2. The van der Waals surface area contributed by atoms with E-state index in [1.807, 2.05) is 48.5 Å². The number of hydrogen-bond acceptors (Lipinski definition) is 4. The third-order valence-corrected chi connectivity index (χ3v) is 5.68. The van der Waals surface area contributed by atoms with Crippen LogP contribution in [0.2, 0.25) is 0 Å². The number of pyridine rings is 1.